The van der Waals surface area contributed by atoms with Gasteiger partial charge in [0.15, 0.2) is 0 Å². The van der Waals surface area contributed by atoms with Crippen molar-refractivity contribution in [2.75, 3.05) is 31.6 Å². The Hall–Kier alpha value is -3.58. The second-order valence-electron chi connectivity index (χ2n) is 12.9. The van der Waals surface area contributed by atoms with Gasteiger partial charge in [0.05, 0.1) is 24.3 Å². The molecule has 0 spiro atoms. The molecule has 2 aliphatic heterocycles. The topological polar surface area (TPSA) is 42.0 Å². The first-order valence-corrected chi connectivity index (χ1v) is 14.7. The van der Waals surface area contributed by atoms with E-state index >= 15 is 0 Å². The predicted molar refractivity (Wildman–Crippen MR) is 151 cm³/mol. The number of benzene rings is 2. The molecule has 1 fully saturated rings. The van der Waals surface area contributed by atoms with Crippen LogP contribution in [0.15, 0.2) is 35.9 Å². The summed E-state index contributed by atoms with van der Waals surface area (Å²) in [5.74, 6) is 0.457. The molecular formula is C32H33F9N2O3. The third-order valence-electron chi connectivity index (χ3n) is 8.95. The van der Waals surface area contributed by atoms with Crippen LogP contribution in [0.4, 0.5) is 50.0 Å². The average molecular weight is 665 g/mol. The molecule has 1 amide bonds. The zero-order valence-corrected chi connectivity index (χ0v) is 25.5. The van der Waals surface area contributed by atoms with E-state index in [1.807, 2.05) is 13.8 Å². The number of anilines is 1. The third kappa shape index (κ3) is 6.90. The molecule has 2 aromatic carbocycles. The van der Waals surface area contributed by atoms with Gasteiger partial charge in [-0.05, 0) is 90.6 Å². The van der Waals surface area contributed by atoms with Crippen molar-refractivity contribution in [3.63, 3.8) is 0 Å². The molecule has 14 heteroatoms. The summed E-state index contributed by atoms with van der Waals surface area (Å²) in [5.41, 5.74) is -0.466. The summed E-state index contributed by atoms with van der Waals surface area (Å²) in [6.07, 6.45) is -14.8. The predicted octanol–water partition coefficient (Wildman–Crippen LogP) is 9.20. The van der Waals surface area contributed by atoms with Crippen LogP contribution >= 0.6 is 0 Å². The summed E-state index contributed by atoms with van der Waals surface area (Å²) < 4.78 is 132. The normalized spacial score (nSPS) is 22.0. The molecule has 0 bridgehead atoms. The zero-order chi connectivity index (χ0) is 34.0. The Kier molecular flexibility index (Phi) is 8.51. The number of nitrogens with zero attached hydrogens (tertiary/aromatic N) is 2. The molecule has 1 aliphatic carbocycles. The highest BCUT2D eigenvalue weighted by Crippen LogP contribution is 2.48. The van der Waals surface area contributed by atoms with Gasteiger partial charge in [0.25, 0.3) is 0 Å². The van der Waals surface area contributed by atoms with Crippen LogP contribution in [0.25, 0.3) is 5.57 Å². The number of methoxy groups -OCH3 is 1. The maximum absolute atomic E-state index is 13.5. The van der Waals surface area contributed by atoms with Crippen molar-refractivity contribution >= 4 is 17.4 Å². The molecule has 5 nitrogen and oxygen atoms in total. The minimum atomic E-state index is -5.07. The number of carbonyl (C=O) groups excluding carboxylic acids is 1. The van der Waals surface area contributed by atoms with E-state index in [0.29, 0.717) is 60.4 Å². The van der Waals surface area contributed by atoms with Crippen LogP contribution in [-0.2, 0) is 23.5 Å². The lowest BCUT2D eigenvalue weighted by atomic mass is 9.72. The first-order chi connectivity index (χ1) is 21.2. The number of halogens is 9. The van der Waals surface area contributed by atoms with Crippen LogP contribution in [0.3, 0.4) is 0 Å². The van der Waals surface area contributed by atoms with E-state index < -0.39 is 60.0 Å². The Labute approximate surface area is 259 Å². The monoisotopic (exact) mass is 664 g/mol. The molecule has 3 aliphatic rings. The molecule has 2 atom stereocenters. The summed E-state index contributed by atoms with van der Waals surface area (Å²) in [6, 6.07) is 3.59. The lowest BCUT2D eigenvalue weighted by molar-refractivity contribution is -0.143. The van der Waals surface area contributed by atoms with Gasteiger partial charge < -0.3 is 14.4 Å². The minimum absolute atomic E-state index is 0.0176. The van der Waals surface area contributed by atoms with Crippen LogP contribution in [-0.4, -0.2) is 50.0 Å². The highest BCUT2D eigenvalue weighted by molar-refractivity contribution is 5.80. The van der Waals surface area contributed by atoms with Crippen molar-refractivity contribution in [1.29, 1.82) is 0 Å². The van der Waals surface area contributed by atoms with Gasteiger partial charge in [0.2, 0.25) is 0 Å². The van der Waals surface area contributed by atoms with E-state index in [0.717, 1.165) is 11.1 Å². The number of allylic oxidation sites excluding steroid dienone is 1. The summed E-state index contributed by atoms with van der Waals surface area (Å²) in [4.78, 5) is 15.7. The molecule has 2 heterocycles. The van der Waals surface area contributed by atoms with E-state index in [1.165, 1.54) is 23.8 Å². The third-order valence-corrected chi connectivity index (χ3v) is 8.95. The van der Waals surface area contributed by atoms with Crippen molar-refractivity contribution < 1.29 is 53.8 Å². The molecular weight excluding hydrogens is 631 g/mol. The highest BCUT2D eigenvalue weighted by atomic mass is 19.4. The number of cyclic esters (lactones) is 1. The fraction of sp³-hybridized carbons (Fsp3) is 0.531. The first-order valence-electron chi connectivity index (χ1n) is 14.7. The highest BCUT2D eigenvalue weighted by Gasteiger charge is 2.44. The lowest BCUT2D eigenvalue weighted by Crippen LogP contribution is -2.35. The minimum Gasteiger partial charge on any atom is -0.496 e. The average Bonchev–Trinajstić information content (AvgIpc) is 3.44. The number of alkyl halides is 9. The molecule has 2 aromatic rings. The van der Waals surface area contributed by atoms with Gasteiger partial charge in [-0.1, -0.05) is 13.8 Å². The van der Waals surface area contributed by atoms with Crippen molar-refractivity contribution in [3.8, 4) is 5.75 Å². The fourth-order valence-corrected chi connectivity index (χ4v) is 6.66. The van der Waals surface area contributed by atoms with Crippen LogP contribution in [0, 0.1) is 5.41 Å². The summed E-state index contributed by atoms with van der Waals surface area (Å²) in [7, 11) is 1.45. The number of ether oxygens (including phenoxy) is 2. The Bertz CT molecular complexity index is 1510. The Morgan fingerprint density at radius 2 is 1.57 bits per heavy atom. The van der Waals surface area contributed by atoms with Crippen LogP contribution < -0.4 is 9.64 Å². The van der Waals surface area contributed by atoms with E-state index in [2.05, 4.69) is 0 Å². The van der Waals surface area contributed by atoms with E-state index in [4.69, 9.17) is 9.47 Å². The number of hydrogen-bond donors (Lipinski definition) is 0. The SMILES string of the molecule is COc1cc2c(cc1C1=C(CN3C(=O)OC(c4cc(C(F)(F)F)cc(C(F)(F)F)c4)C3C)CC(C)(C)CC1)N(CC(F)(F)F)CC2. The van der Waals surface area contributed by atoms with Crippen LogP contribution in [0.2, 0.25) is 0 Å². The van der Waals surface area contributed by atoms with Gasteiger partial charge in [0.1, 0.15) is 18.4 Å². The van der Waals surface area contributed by atoms with Crippen LogP contribution in [0.1, 0.15) is 74.0 Å². The van der Waals surface area contributed by atoms with Crippen LogP contribution in [0.5, 0.6) is 5.75 Å². The van der Waals surface area contributed by atoms with Gasteiger partial charge >= 0.3 is 24.6 Å². The fourth-order valence-electron chi connectivity index (χ4n) is 6.66. The number of carbonyl (C=O) groups is 1. The summed E-state index contributed by atoms with van der Waals surface area (Å²) in [6.45, 7) is 4.55. The molecule has 46 heavy (non-hydrogen) atoms. The number of hydrogen-bond acceptors (Lipinski definition) is 4. The van der Waals surface area contributed by atoms with Crippen molar-refractivity contribution in [3.05, 3.63) is 63.7 Å². The van der Waals surface area contributed by atoms with E-state index in [1.54, 1.807) is 12.1 Å². The summed E-state index contributed by atoms with van der Waals surface area (Å²) >= 11 is 0. The Morgan fingerprint density at radius 1 is 0.935 bits per heavy atom. The quantitative estimate of drug-likeness (QED) is 0.289. The number of amides is 1. The number of rotatable bonds is 6. The second-order valence-corrected chi connectivity index (χ2v) is 12.9. The molecule has 0 N–H and O–H groups in total. The molecule has 2 unspecified atom stereocenters. The smallest absolute Gasteiger partial charge is 0.416 e. The van der Waals surface area contributed by atoms with Gasteiger partial charge in [-0.15, -0.1) is 0 Å². The zero-order valence-electron chi connectivity index (χ0n) is 25.5. The van der Waals surface area contributed by atoms with Gasteiger partial charge in [0, 0.05) is 24.3 Å². The largest absolute Gasteiger partial charge is 0.496 e. The van der Waals surface area contributed by atoms with Gasteiger partial charge in [-0.3, -0.25) is 4.90 Å². The van der Waals surface area contributed by atoms with Crippen molar-refractivity contribution in [2.24, 2.45) is 5.41 Å². The standard InChI is InChI=1S/C32H33F9N2O3/c1-17-27(19-9-21(31(36,37)38)12-22(10-19)32(39,40)41)46-28(44)43(17)15-20-14-29(2,3)7-5-23(20)24-13-25-18(11-26(24)45-4)6-8-42(25)16-30(33,34)35/h9-13,17,27H,5-8,14-16H2,1-4H3. The molecule has 0 aromatic heterocycles. The van der Waals surface area contributed by atoms with Crippen molar-refractivity contribution in [2.45, 2.75) is 77.1 Å². The van der Waals surface area contributed by atoms with Gasteiger partial charge in [-0.25, -0.2) is 4.79 Å². The Morgan fingerprint density at radius 3 is 2.13 bits per heavy atom. The maximum Gasteiger partial charge on any atom is 0.416 e. The van der Waals surface area contributed by atoms with Gasteiger partial charge in [-0.2, -0.15) is 39.5 Å². The molecule has 1 saturated heterocycles. The van der Waals surface area contributed by atoms with E-state index in [9.17, 15) is 44.3 Å². The number of fused-ring (bicyclic) bond motifs is 1. The van der Waals surface area contributed by atoms with E-state index in [-0.39, 0.29) is 24.6 Å². The second kappa shape index (κ2) is 11.6. The summed E-state index contributed by atoms with van der Waals surface area (Å²) in [5, 5.41) is 0. The molecule has 0 radical (unpaired) electrons. The maximum atomic E-state index is 13.5. The lowest BCUT2D eigenvalue weighted by Gasteiger charge is -2.36. The van der Waals surface area contributed by atoms with Crippen molar-refractivity contribution in [1.82, 2.24) is 4.90 Å². The molecule has 252 valence electrons. The molecule has 5 rings (SSSR count). The first kappa shape index (κ1) is 33.8. The Balaban J connectivity index is 1.53. The molecule has 0 saturated carbocycles.